The summed E-state index contributed by atoms with van der Waals surface area (Å²) >= 11 is 6.75. The van der Waals surface area contributed by atoms with Crippen molar-refractivity contribution in [1.29, 1.82) is 0 Å². The first kappa shape index (κ1) is 13.4. The molecule has 1 N–H and O–H groups in total. The van der Waals surface area contributed by atoms with E-state index in [9.17, 15) is 4.79 Å². The number of carbonyl (C=O) groups excluding carboxylic acids is 1. The summed E-state index contributed by atoms with van der Waals surface area (Å²) in [6, 6.07) is 7.60. The zero-order valence-corrected chi connectivity index (χ0v) is 13.2. The number of nitrogens with zero attached hydrogens (tertiary/aromatic N) is 1. The van der Waals surface area contributed by atoms with Crippen LogP contribution < -0.4 is 5.32 Å². The van der Waals surface area contributed by atoms with Crippen molar-refractivity contribution >= 4 is 43.5 Å². The molecule has 2 aromatic rings. The summed E-state index contributed by atoms with van der Waals surface area (Å²) in [5.41, 5.74) is 2.45. The van der Waals surface area contributed by atoms with Gasteiger partial charge in [0.05, 0.1) is 0 Å². The highest BCUT2D eigenvalue weighted by atomic mass is 79.9. The van der Waals surface area contributed by atoms with Gasteiger partial charge in [-0.3, -0.25) is 4.79 Å². The second-order valence-corrected chi connectivity index (χ2v) is 5.90. The molecule has 1 aromatic carbocycles. The van der Waals surface area contributed by atoms with Gasteiger partial charge in [-0.25, -0.2) is 0 Å². The Morgan fingerprint density at radius 1 is 1.22 bits per heavy atom. The summed E-state index contributed by atoms with van der Waals surface area (Å²) in [4.78, 5) is 12.1. The Hall–Kier alpha value is -1.07. The number of carbonyl (C=O) groups is 1. The maximum Gasteiger partial charge on any atom is 0.272 e. The van der Waals surface area contributed by atoms with Gasteiger partial charge < -0.3 is 9.88 Å². The van der Waals surface area contributed by atoms with Crippen LogP contribution in [-0.2, 0) is 7.05 Å². The molecule has 2 rings (SSSR count). The topological polar surface area (TPSA) is 34.0 Å². The van der Waals surface area contributed by atoms with Crippen LogP contribution in [0.15, 0.2) is 39.4 Å². The molecule has 0 fully saturated rings. The fourth-order valence-electron chi connectivity index (χ4n) is 1.67. The van der Waals surface area contributed by atoms with Crippen LogP contribution in [0.2, 0.25) is 0 Å². The predicted octanol–water partition coefficient (Wildman–Crippen LogP) is 4.11. The Kier molecular flexibility index (Phi) is 3.92. The van der Waals surface area contributed by atoms with E-state index in [1.54, 1.807) is 10.6 Å². The highest BCUT2D eigenvalue weighted by Crippen LogP contribution is 2.22. The molecule has 0 saturated carbocycles. The maximum absolute atomic E-state index is 12.1. The number of halogens is 2. The number of aryl methyl sites for hydroxylation is 2. The number of benzene rings is 1. The molecule has 1 aromatic heterocycles. The molecule has 18 heavy (non-hydrogen) atoms. The molecule has 0 radical (unpaired) electrons. The molecule has 5 heteroatoms. The van der Waals surface area contributed by atoms with Crippen molar-refractivity contribution in [2.45, 2.75) is 6.92 Å². The van der Waals surface area contributed by atoms with Gasteiger partial charge >= 0.3 is 0 Å². The second-order valence-electron chi connectivity index (χ2n) is 4.07. The van der Waals surface area contributed by atoms with Crippen molar-refractivity contribution in [1.82, 2.24) is 4.57 Å². The SMILES string of the molecule is Cc1ccc(Br)cc1NC(=O)c1cc(Br)cn1C. The van der Waals surface area contributed by atoms with Gasteiger partial charge in [0.2, 0.25) is 0 Å². The zero-order valence-electron chi connectivity index (χ0n) is 10.00. The van der Waals surface area contributed by atoms with Gasteiger partial charge in [0.25, 0.3) is 5.91 Å². The molecule has 0 atom stereocenters. The van der Waals surface area contributed by atoms with E-state index in [4.69, 9.17) is 0 Å². The van der Waals surface area contributed by atoms with Crippen LogP contribution in [0.3, 0.4) is 0 Å². The number of amides is 1. The van der Waals surface area contributed by atoms with E-state index in [0.717, 1.165) is 20.2 Å². The van der Waals surface area contributed by atoms with E-state index in [1.807, 2.05) is 38.4 Å². The van der Waals surface area contributed by atoms with Crippen LogP contribution in [0.25, 0.3) is 0 Å². The molecule has 0 saturated heterocycles. The summed E-state index contributed by atoms with van der Waals surface area (Å²) in [6.45, 7) is 1.96. The van der Waals surface area contributed by atoms with Gasteiger partial charge in [0.15, 0.2) is 0 Å². The maximum atomic E-state index is 12.1. The number of hydrogen-bond donors (Lipinski definition) is 1. The monoisotopic (exact) mass is 370 g/mol. The Morgan fingerprint density at radius 2 is 1.94 bits per heavy atom. The molecule has 1 amide bonds. The number of rotatable bonds is 2. The van der Waals surface area contributed by atoms with E-state index in [-0.39, 0.29) is 5.91 Å². The third-order valence-electron chi connectivity index (χ3n) is 2.65. The van der Waals surface area contributed by atoms with Crippen molar-refractivity contribution in [3.8, 4) is 0 Å². The van der Waals surface area contributed by atoms with Crippen LogP contribution in [0.1, 0.15) is 16.1 Å². The molecule has 0 bridgehead atoms. The number of aromatic nitrogens is 1. The van der Waals surface area contributed by atoms with Crippen molar-refractivity contribution < 1.29 is 4.79 Å². The first-order valence-electron chi connectivity index (χ1n) is 5.37. The van der Waals surface area contributed by atoms with Crippen LogP contribution >= 0.6 is 31.9 Å². The molecule has 0 spiro atoms. The Balaban J connectivity index is 2.26. The third kappa shape index (κ3) is 2.84. The molecule has 94 valence electrons. The quantitative estimate of drug-likeness (QED) is 0.846. The van der Waals surface area contributed by atoms with E-state index in [2.05, 4.69) is 37.2 Å². The second kappa shape index (κ2) is 5.28. The van der Waals surface area contributed by atoms with Gasteiger partial charge in [0, 0.05) is 27.9 Å². The molecule has 0 aliphatic carbocycles. The van der Waals surface area contributed by atoms with E-state index in [0.29, 0.717) is 5.69 Å². The molecule has 1 heterocycles. The summed E-state index contributed by atoms with van der Waals surface area (Å²) in [7, 11) is 1.84. The minimum atomic E-state index is -0.121. The van der Waals surface area contributed by atoms with E-state index in [1.165, 1.54) is 0 Å². The highest BCUT2D eigenvalue weighted by molar-refractivity contribution is 9.10. The van der Waals surface area contributed by atoms with Crippen LogP contribution in [-0.4, -0.2) is 10.5 Å². The molecule has 0 aliphatic rings. The van der Waals surface area contributed by atoms with Gasteiger partial charge in [-0.2, -0.15) is 0 Å². The van der Waals surface area contributed by atoms with E-state index < -0.39 is 0 Å². The van der Waals surface area contributed by atoms with Crippen LogP contribution in [0, 0.1) is 6.92 Å². The van der Waals surface area contributed by atoms with Crippen molar-refractivity contribution in [3.05, 3.63) is 50.7 Å². The number of hydrogen-bond acceptors (Lipinski definition) is 1. The summed E-state index contributed by atoms with van der Waals surface area (Å²) in [5, 5.41) is 2.91. The third-order valence-corrected chi connectivity index (χ3v) is 3.58. The lowest BCUT2D eigenvalue weighted by atomic mass is 10.2. The summed E-state index contributed by atoms with van der Waals surface area (Å²) in [5.74, 6) is -0.121. The molecule has 3 nitrogen and oxygen atoms in total. The largest absolute Gasteiger partial charge is 0.345 e. The number of nitrogens with one attached hydrogen (secondary N) is 1. The normalized spacial score (nSPS) is 10.4. The fraction of sp³-hybridized carbons (Fsp3) is 0.154. The zero-order chi connectivity index (χ0) is 13.3. The van der Waals surface area contributed by atoms with Gasteiger partial charge in [-0.05, 0) is 46.6 Å². The Labute approximate surface area is 122 Å². The fourth-order valence-corrected chi connectivity index (χ4v) is 2.55. The summed E-state index contributed by atoms with van der Waals surface area (Å²) in [6.07, 6.45) is 1.85. The highest BCUT2D eigenvalue weighted by Gasteiger charge is 2.12. The minimum Gasteiger partial charge on any atom is -0.345 e. The average molecular weight is 372 g/mol. The standard InChI is InChI=1S/C13H12Br2N2O/c1-8-3-4-9(14)5-11(8)16-13(18)12-6-10(15)7-17(12)2/h3-7H,1-2H3,(H,16,18). The Bertz CT molecular complexity index is 605. The van der Waals surface area contributed by atoms with Crippen molar-refractivity contribution in [2.24, 2.45) is 7.05 Å². The van der Waals surface area contributed by atoms with Crippen LogP contribution in [0.4, 0.5) is 5.69 Å². The molecular formula is C13H12Br2N2O. The average Bonchev–Trinajstić information content (AvgIpc) is 2.63. The first-order valence-corrected chi connectivity index (χ1v) is 6.95. The molecular weight excluding hydrogens is 360 g/mol. The Morgan fingerprint density at radius 3 is 2.56 bits per heavy atom. The van der Waals surface area contributed by atoms with Crippen molar-refractivity contribution in [3.63, 3.8) is 0 Å². The lowest BCUT2D eigenvalue weighted by Crippen LogP contribution is -2.15. The molecule has 0 aliphatic heterocycles. The smallest absolute Gasteiger partial charge is 0.272 e. The van der Waals surface area contributed by atoms with Gasteiger partial charge in [0.1, 0.15) is 5.69 Å². The van der Waals surface area contributed by atoms with Crippen molar-refractivity contribution in [2.75, 3.05) is 5.32 Å². The lowest BCUT2D eigenvalue weighted by Gasteiger charge is -2.09. The molecule has 0 unspecified atom stereocenters. The summed E-state index contributed by atoms with van der Waals surface area (Å²) < 4.78 is 3.62. The minimum absolute atomic E-state index is 0.121. The van der Waals surface area contributed by atoms with Crippen LogP contribution in [0.5, 0.6) is 0 Å². The predicted molar refractivity (Wildman–Crippen MR) is 79.9 cm³/mol. The van der Waals surface area contributed by atoms with Gasteiger partial charge in [-0.15, -0.1) is 0 Å². The first-order chi connectivity index (χ1) is 8.47. The lowest BCUT2D eigenvalue weighted by molar-refractivity contribution is 0.101. The van der Waals surface area contributed by atoms with E-state index >= 15 is 0 Å². The number of anilines is 1. The van der Waals surface area contributed by atoms with Gasteiger partial charge in [-0.1, -0.05) is 22.0 Å².